The number of hydrogen-bond acceptors (Lipinski definition) is 9. The lowest BCUT2D eigenvalue weighted by molar-refractivity contribution is -0.148. The Morgan fingerprint density at radius 1 is 1.20 bits per heavy atom. The number of amides is 1. The van der Waals surface area contributed by atoms with Crippen molar-refractivity contribution in [1.82, 2.24) is 9.80 Å². The molecule has 3 aliphatic carbocycles. The van der Waals surface area contributed by atoms with E-state index in [1.807, 2.05) is 6.92 Å². The fourth-order valence-corrected chi connectivity index (χ4v) is 7.07. The predicted octanol–water partition coefficient (Wildman–Crippen LogP) is 1.59. The summed E-state index contributed by atoms with van der Waals surface area (Å²) in [5.74, 6) is -8.62. The summed E-state index contributed by atoms with van der Waals surface area (Å²) in [6.45, 7) is 3.05. The zero-order chi connectivity index (χ0) is 29.6. The summed E-state index contributed by atoms with van der Waals surface area (Å²) >= 11 is 0. The van der Waals surface area contributed by atoms with Crippen molar-refractivity contribution in [2.75, 3.05) is 27.2 Å². The van der Waals surface area contributed by atoms with Crippen molar-refractivity contribution in [3.63, 3.8) is 0 Å². The van der Waals surface area contributed by atoms with Gasteiger partial charge in [-0.15, -0.1) is 0 Å². The number of Topliss-reactive ketones (excluding diaryl/α,β-unsaturated/α-hetero) is 2. The van der Waals surface area contributed by atoms with E-state index in [4.69, 9.17) is 5.73 Å². The lowest BCUT2D eigenvalue weighted by Gasteiger charge is -2.50. The second kappa shape index (κ2) is 9.05. The normalized spacial score (nSPS) is 29.4. The molecule has 1 fully saturated rings. The molecule has 6 N–H and O–H groups in total. The van der Waals surface area contributed by atoms with Gasteiger partial charge in [-0.05, 0) is 56.0 Å². The predicted molar refractivity (Wildman–Crippen MR) is 133 cm³/mol. The van der Waals surface area contributed by atoms with Gasteiger partial charge in [0.25, 0.3) is 5.91 Å². The SMILES string of the molecule is CC1CN(Cc2cc(O)c3c(c2C(F)(F)F)C[C@H]2C[C@H]4[C@H](N(C)C)C(O)=C(C(N)=O)C(=O)[C@@]4(O)C(O)=C2C3=O)C1. The van der Waals surface area contributed by atoms with Gasteiger partial charge in [0.1, 0.15) is 22.8 Å². The minimum absolute atomic E-state index is 0.0824. The highest BCUT2D eigenvalue weighted by Crippen LogP contribution is 2.54. The number of phenolic OH excluding ortho intramolecular Hbond substituents is 1. The molecule has 1 aromatic carbocycles. The number of aliphatic hydroxyl groups is 3. The van der Waals surface area contributed by atoms with E-state index in [0.717, 1.165) is 6.07 Å². The van der Waals surface area contributed by atoms with Gasteiger partial charge in [-0.3, -0.25) is 24.2 Å². The summed E-state index contributed by atoms with van der Waals surface area (Å²) in [5.41, 5.74) is -1.33. The van der Waals surface area contributed by atoms with E-state index in [1.54, 1.807) is 4.90 Å². The van der Waals surface area contributed by atoms with Crippen LogP contribution < -0.4 is 5.73 Å². The van der Waals surface area contributed by atoms with Crippen LogP contribution in [0.25, 0.3) is 0 Å². The molecule has 1 aliphatic heterocycles. The average Bonchev–Trinajstić information content (AvgIpc) is 2.79. The Bertz CT molecular complexity index is 1410. The van der Waals surface area contributed by atoms with Gasteiger partial charge in [0.05, 0.1) is 17.2 Å². The van der Waals surface area contributed by atoms with Crippen LogP contribution >= 0.6 is 0 Å². The molecule has 1 aromatic rings. The number of ketones is 2. The second-order valence-corrected chi connectivity index (χ2v) is 11.5. The number of alkyl halides is 3. The van der Waals surface area contributed by atoms with Gasteiger partial charge in [0.2, 0.25) is 5.78 Å². The zero-order valence-electron chi connectivity index (χ0n) is 22.0. The van der Waals surface area contributed by atoms with E-state index in [9.17, 15) is 48.0 Å². The molecular formula is C27H30F3N3O7. The number of likely N-dealkylation sites (tertiary alicyclic amines) is 1. The van der Waals surface area contributed by atoms with Crippen LogP contribution in [0.3, 0.4) is 0 Å². The van der Waals surface area contributed by atoms with Crippen LogP contribution in [-0.4, -0.2) is 86.5 Å². The van der Waals surface area contributed by atoms with Crippen molar-refractivity contribution in [1.29, 1.82) is 0 Å². The van der Waals surface area contributed by atoms with Crippen LogP contribution in [0, 0.1) is 17.8 Å². The number of fused-ring (bicyclic) bond motifs is 3. The van der Waals surface area contributed by atoms with E-state index in [0.29, 0.717) is 19.0 Å². The fraction of sp³-hybridized carbons (Fsp3) is 0.519. The maximum Gasteiger partial charge on any atom is 0.417 e. The molecule has 0 unspecified atom stereocenters. The number of rotatable bonds is 4. The van der Waals surface area contributed by atoms with Gasteiger partial charge in [0.15, 0.2) is 11.4 Å². The first-order valence-electron chi connectivity index (χ1n) is 12.8. The van der Waals surface area contributed by atoms with Gasteiger partial charge in [0, 0.05) is 31.1 Å². The van der Waals surface area contributed by atoms with E-state index in [2.05, 4.69) is 0 Å². The number of allylic oxidation sites excluding steroid dienone is 1. The second-order valence-electron chi connectivity index (χ2n) is 11.5. The van der Waals surface area contributed by atoms with Crippen molar-refractivity contribution in [3.8, 4) is 5.75 Å². The van der Waals surface area contributed by atoms with E-state index < -0.39 is 98.7 Å². The molecule has 10 nitrogen and oxygen atoms in total. The van der Waals surface area contributed by atoms with Gasteiger partial charge in [-0.25, -0.2) is 0 Å². The topological polar surface area (TPSA) is 165 Å². The number of aliphatic hydroxyl groups excluding tert-OH is 2. The van der Waals surface area contributed by atoms with Crippen molar-refractivity contribution in [3.05, 3.63) is 51.0 Å². The molecule has 5 rings (SSSR count). The van der Waals surface area contributed by atoms with Crippen molar-refractivity contribution in [2.24, 2.45) is 23.5 Å². The van der Waals surface area contributed by atoms with Crippen molar-refractivity contribution >= 4 is 17.5 Å². The summed E-state index contributed by atoms with van der Waals surface area (Å²) in [4.78, 5) is 42.2. The maximum absolute atomic E-state index is 14.5. The van der Waals surface area contributed by atoms with Gasteiger partial charge in [-0.1, -0.05) is 6.92 Å². The molecule has 13 heteroatoms. The first kappa shape index (κ1) is 28.1. The van der Waals surface area contributed by atoms with E-state index in [1.165, 1.54) is 19.0 Å². The summed E-state index contributed by atoms with van der Waals surface area (Å²) in [7, 11) is 2.94. The van der Waals surface area contributed by atoms with Crippen LogP contribution in [0.5, 0.6) is 5.75 Å². The smallest absolute Gasteiger partial charge is 0.417 e. The number of carbonyl (C=O) groups excluding carboxylic acids is 3. The Morgan fingerprint density at radius 2 is 1.82 bits per heavy atom. The number of benzene rings is 1. The van der Waals surface area contributed by atoms with Crippen molar-refractivity contribution in [2.45, 2.75) is 44.1 Å². The number of phenols is 1. The highest BCUT2D eigenvalue weighted by molar-refractivity contribution is 6.24. The molecule has 1 saturated heterocycles. The first-order chi connectivity index (χ1) is 18.5. The summed E-state index contributed by atoms with van der Waals surface area (Å²) in [6.07, 6.45) is -5.59. The van der Waals surface area contributed by atoms with Gasteiger partial charge >= 0.3 is 6.18 Å². The quantitative estimate of drug-likeness (QED) is 0.341. The fourth-order valence-electron chi connectivity index (χ4n) is 7.07. The number of primary amides is 1. The Kier molecular flexibility index (Phi) is 6.36. The number of nitrogens with zero attached hydrogens (tertiary/aromatic N) is 2. The summed E-state index contributed by atoms with van der Waals surface area (Å²) in [5, 5.41) is 44.5. The Labute approximate surface area is 227 Å². The molecule has 0 aromatic heterocycles. The third kappa shape index (κ3) is 3.85. The highest BCUT2D eigenvalue weighted by atomic mass is 19.4. The zero-order valence-corrected chi connectivity index (χ0v) is 22.0. The minimum atomic E-state index is -4.87. The lowest BCUT2D eigenvalue weighted by atomic mass is 9.58. The molecule has 4 aliphatic rings. The molecule has 1 amide bonds. The molecule has 40 heavy (non-hydrogen) atoms. The number of carbonyl (C=O) groups is 3. The monoisotopic (exact) mass is 565 g/mol. The molecule has 0 bridgehead atoms. The highest BCUT2D eigenvalue weighted by Gasteiger charge is 2.63. The van der Waals surface area contributed by atoms with Crippen molar-refractivity contribution < 1.29 is 48.0 Å². The lowest BCUT2D eigenvalue weighted by Crippen LogP contribution is -2.63. The molecular weight excluding hydrogens is 535 g/mol. The molecule has 216 valence electrons. The molecule has 0 radical (unpaired) electrons. The van der Waals surface area contributed by atoms with Crippen LogP contribution in [-0.2, 0) is 28.7 Å². The number of nitrogens with two attached hydrogens (primary N) is 1. The van der Waals surface area contributed by atoms with E-state index in [-0.39, 0.29) is 18.5 Å². The summed E-state index contributed by atoms with van der Waals surface area (Å²) in [6, 6.07) is -0.332. The number of aromatic hydroxyl groups is 1. The molecule has 4 atom stereocenters. The van der Waals surface area contributed by atoms with Crippen LogP contribution in [0.15, 0.2) is 28.7 Å². The van der Waals surface area contributed by atoms with Crippen LogP contribution in [0.2, 0.25) is 0 Å². The Morgan fingerprint density at radius 3 is 2.35 bits per heavy atom. The number of hydrogen-bond donors (Lipinski definition) is 5. The standard InChI is InChI=1S/C27H30F3N3O7/c1-10-7-33(8-10)9-12-6-15(34)17-13(19(12)27(28,29)30)4-11-5-14-20(32(2)3)22(36)18(25(31)39)24(38)26(14,40)23(37)16(11)21(17)35/h6,10-11,14,20,34,36-37,40H,4-5,7-9H2,1-3H3,(H2,31,39)/t11-,14-,20-,26-/m0/s1. The number of likely N-dealkylation sites (N-methyl/N-ethyl adjacent to an activating group) is 1. The van der Waals surface area contributed by atoms with E-state index >= 15 is 0 Å². The third-order valence-electron chi connectivity index (χ3n) is 8.62. The number of halogens is 3. The van der Waals surface area contributed by atoms with Gasteiger partial charge < -0.3 is 26.2 Å². The Balaban J connectivity index is 1.70. The third-order valence-corrected chi connectivity index (χ3v) is 8.62. The molecule has 0 spiro atoms. The molecule has 1 heterocycles. The van der Waals surface area contributed by atoms with Gasteiger partial charge in [-0.2, -0.15) is 13.2 Å². The average molecular weight is 566 g/mol. The van der Waals surface area contributed by atoms with Crippen LogP contribution in [0.4, 0.5) is 13.2 Å². The first-order valence-corrected chi connectivity index (χ1v) is 12.8. The molecule has 0 saturated carbocycles. The van der Waals surface area contributed by atoms with Crippen LogP contribution in [0.1, 0.15) is 40.4 Å². The summed E-state index contributed by atoms with van der Waals surface area (Å²) < 4.78 is 43.5. The Hall–Kier alpha value is -3.42. The minimum Gasteiger partial charge on any atom is -0.510 e. The maximum atomic E-state index is 14.5. The largest absolute Gasteiger partial charge is 0.510 e.